The molecular formula is C14H13N3O2. The Kier molecular flexibility index (Phi) is 2.79. The highest BCUT2D eigenvalue weighted by Crippen LogP contribution is 2.08. The monoisotopic (exact) mass is 255 g/mol. The van der Waals surface area contributed by atoms with E-state index in [1.54, 1.807) is 10.6 Å². The zero-order valence-electron chi connectivity index (χ0n) is 10.5. The molecule has 0 bridgehead atoms. The van der Waals surface area contributed by atoms with Crippen molar-refractivity contribution >= 4 is 11.6 Å². The Morgan fingerprint density at radius 1 is 1.26 bits per heavy atom. The summed E-state index contributed by atoms with van der Waals surface area (Å²) < 4.78 is 8.87. The van der Waals surface area contributed by atoms with E-state index in [0.717, 1.165) is 11.3 Å². The average molecular weight is 255 g/mol. The number of carbonyl (C=O) groups excluding carboxylic acids is 1. The van der Waals surface area contributed by atoms with E-state index in [1.165, 1.54) is 0 Å². The van der Waals surface area contributed by atoms with Crippen molar-refractivity contribution in [3.63, 3.8) is 0 Å². The first kappa shape index (κ1) is 11.5. The van der Waals surface area contributed by atoms with Crippen molar-refractivity contribution in [2.45, 2.75) is 6.61 Å². The summed E-state index contributed by atoms with van der Waals surface area (Å²) in [4.78, 5) is 16.2. The van der Waals surface area contributed by atoms with Gasteiger partial charge in [-0.15, -0.1) is 0 Å². The van der Waals surface area contributed by atoms with Crippen LogP contribution in [0.25, 0.3) is 5.65 Å². The van der Waals surface area contributed by atoms with E-state index in [-0.39, 0.29) is 12.6 Å². The highest BCUT2D eigenvalue weighted by molar-refractivity contribution is 5.87. The quantitative estimate of drug-likeness (QED) is 0.673. The number of imidazole rings is 1. The van der Waals surface area contributed by atoms with Crippen LogP contribution < -0.4 is 0 Å². The largest absolute Gasteiger partial charge is 0.454 e. The molecule has 0 aliphatic heterocycles. The second-order valence-electron chi connectivity index (χ2n) is 4.28. The second kappa shape index (κ2) is 4.61. The Labute approximate surface area is 110 Å². The molecule has 0 radical (unpaired) electrons. The van der Waals surface area contributed by atoms with E-state index in [9.17, 15) is 4.79 Å². The number of hydrogen-bond donors (Lipinski definition) is 0. The zero-order chi connectivity index (χ0) is 13.2. The van der Waals surface area contributed by atoms with Gasteiger partial charge in [0.2, 0.25) is 0 Å². The highest BCUT2D eigenvalue weighted by Gasteiger charge is 2.11. The molecule has 0 aromatic carbocycles. The van der Waals surface area contributed by atoms with Crippen LogP contribution in [0.5, 0.6) is 0 Å². The topological polar surface area (TPSA) is 48.5 Å². The van der Waals surface area contributed by atoms with Crippen LogP contribution in [0.1, 0.15) is 16.2 Å². The molecular weight excluding hydrogens is 242 g/mol. The molecule has 0 saturated carbocycles. The summed E-state index contributed by atoms with van der Waals surface area (Å²) in [5.41, 5.74) is 2.10. The maximum atomic E-state index is 11.8. The summed E-state index contributed by atoms with van der Waals surface area (Å²) in [7, 11) is 1.81. The van der Waals surface area contributed by atoms with Gasteiger partial charge in [-0.1, -0.05) is 6.07 Å². The van der Waals surface area contributed by atoms with Crippen LogP contribution in [0.4, 0.5) is 0 Å². The third kappa shape index (κ3) is 2.22. The third-order valence-electron chi connectivity index (χ3n) is 2.92. The van der Waals surface area contributed by atoms with Crippen molar-refractivity contribution in [2.75, 3.05) is 0 Å². The molecule has 0 aliphatic carbocycles. The molecule has 5 heteroatoms. The Morgan fingerprint density at radius 3 is 2.89 bits per heavy atom. The number of rotatable bonds is 3. The van der Waals surface area contributed by atoms with Crippen molar-refractivity contribution in [2.24, 2.45) is 7.05 Å². The van der Waals surface area contributed by atoms with Gasteiger partial charge in [0, 0.05) is 25.6 Å². The molecule has 96 valence electrons. The molecule has 3 rings (SSSR count). The van der Waals surface area contributed by atoms with Crippen LogP contribution in [0.15, 0.2) is 48.9 Å². The number of ether oxygens (including phenoxy) is 1. The number of fused-ring (bicyclic) bond motifs is 1. The van der Waals surface area contributed by atoms with Gasteiger partial charge in [0.15, 0.2) is 0 Å². The van der Waals surface area contributed by atoms with Crippen LogP contribution in [-0.4, -0.2) is 19.9 Å². The Balaban J connectivity index is 1.72. The summed E-state index contributed by atoms with van der Waals surface area (Å²) in [6.45, 7) is 0.172. The van der Waals surface area contributed by atoms with Gasteiger partial charge in [0.25, 0.3) is 0 Å². The third-order valence-corrected chi connectivity index (χ3v) is 2.92. The van der Waals surface area contributed by atoms with E-state index < -0.39 is 0 Å². The lowest BCUT2D eigenvalue weighted by atomic mass is 10.4. The standard InChI is InChI=1S/C14H13N3O2/c1-16-7-4-5-12(16)14(18)19-10-11-9-17-8-3-2-6-13(17)15-11/h2-9H,10H2,1H3. The van der Waals surface area contributed by atoms with E-state index in [2.05, 4.69) is 4.98 Å². The summed E-state index contributed by atoms with van der Waals surface area (Å²) in [5.74, 6) is -0.343. The molecule has 0 fully saturated rings. The summed E-state index contributed by atoms with van der Waals surface area (Å²) in [5, 5.41) is 0. The van der Waals surface area contributed by atoms with Crippen LogP contribution in [0, 0.1) is 0 Å². The molecule has 5 nitrogen and oxygen atoms in total. The Morgan fingerprint density at radius 2 is 2.16 bits per heavy atom. The molecule has 19 heavy (non-hydrogen) atoms. The van der Waals surface area contributed by atoms with Crippen LogP contribution in [0.2, 0.25) is 0 Å². The maximum Gasteiger partial charge on any atom is 0.355 e. The van der Waals surface area contributed by atoms with Gasteiger partial charge in [0.1, 0.15) is 17.9 Å². The predicted octanol–water partition coefficient (Wildman–Crippen LogP) is 2.03. The van der Waals surface area contributed by atoms with Gasteiger partial charge >= 0.3 is 5.97 Å². The highest BCUT2D eigenvalue weighted by atomic mass is 16.5. The Bertz CT molecular complexity index is 694. The number of esters is 1. The minimum absolute atomic E-state index is 0.172. The van der Waals surface area contributed by atoms with E-state index in [0.29, 0.717) is 5.69 Å². The molecule has 3 heterocycles. The van der Waals surface area contributed by atoms with Gasteiger partial charge in [-0.2, -0.15) is 0 Å². The van der Waals surface area contributed by atoms with Crippen molar-refractivity contribution < 1.29 is 9.53 Å². The van der Waals surface area contributed by atoms with Gasteiger partial charge in [-0.25, -0.2) is 9.78 Å². The molecule has 0 atom stereocenters. The minimum Gasteiger partial charge on any atom is -0.454 e. The van der Waals surface area contributed by atoms with E-state index in [1.807, 2.05) is 54.3 Å². The van der Waals surface area contributed by atoms with Crippen molar-refractivity contribution in [1.29, 1.82) is 0 Å². The van der Waals surface area contributed by atoms with Crippen LogP contribution >= 0.6 is 0 Å². The van der Waals surface area contributed by atoms with Crippen molar-refractivity contribution in [3.8, 4) is 0 Å². The smallest absolute Gasteiger partial charge is 0.355 e. The zero-order valence-corrected chi connectivity index (χ0v) is 10.5. The number of hydrogen-bond acceptors (Lipinski definition) is 3. The normalized spacial score (nSPS) is 10.8. The number of pyridine rings is 1. The summed E-state index contributed by atoms with van der Waals surface area (Å²) >= 11 is 0. The SMILES string of the molecule is Cn1cccc1C(=O)OCc1cn2ccccc2n1. The molecule has 0 amide bonds. The maximum absolute atomic E-state index is 11.8. The lowest BCUT2D eigenvalue weighted by molar-refractivity contribution is 0.0457. The van der Waals surface area contributed by atoms with Gasteiger partial charge in [-0.3, -0.25) is 0 Å². The van der Waals surface area contributed by atoms with Gasteiger partial charge in [0.05, 0.1) is 5.69 Å². The van der Waals surface area contributed by atoms with Gasteiger partial charge < -0.3 is 13.7 Å². The second-order valence-corrected chi connectivity index (χ2v) is 4.28. The first-order valence-electron chi connectivity index (χ1n) is 5.95. The Hall–Kier alpha value is -2.56. The molecule has 0 spiro atoms. The molecule has 0 saturated heterocycles. The fourth-order valence-corrected chi connectivity index (χ4v) is 1.94. The first-order valence-corrected chi connectivity index (χ1v) is 5.95. The van der Waals surface area contributed by atoms with Crippen LogP contribution in [0.3, 0.4) is 0 Å². The number of aromatic nitrogens is 3. The fraction of sp³-hybridized carbons (Fsp3) is 0.143. The number of carbonyl (C=O) groups is 1. The molecule has 3 aromatic rings. The van der Waals surface area contributed by atoms with Crippen molar-refractivity contribution in [1.82, 2.24) is 14.0 Å². The molecule has 0 unspecified atom stereocenters. The average Bonchev–Trinajstić information content (AvgIpc) is 3.01. The summed E-state index contributed by atoms with van der Waals surface area (Å²) in [6, 6.07) is 9.28. The molecule has 0 aliphatic rings. The lowest BCUT2D eigenvalue weighted by Gasteiger charge is -2.03. The predicted molar refractivity (Wildman–Crippen MR) is 69.7 cm³/mol. The van der Waals surface area contributed by atoms with Gasteiger partial charge in [-0.05, 0) is 24.3 Å². The van der Waals surface area contributed by atoms with E-state index in [4.69, 9.17) is 4.74 Å². The van der Waals surface area contributed by atoms with Crippen molar-refractivity contribution in [3.05, 3.63) is 60.3 Å². The van der Waals surface area contributed by atoms with Crippen LogP contribution in [-0.2, 0) is 18.4 Å². The van der Waals surface area contributed by atoms with E-state index >= 15 is 0 Å². The summed E-state index contributed by atoms with van der Waals surface area (Å²) in [6.07, 6.45) is 5.57. The minimum atomic E-state index is -0.343. The molecule has 3 aromatic heterocycles. The number of nitrogens with zero attached hydrogens (tertiary/aromatic N) is 3. The first-order chi connectivity index (χ1) is 9.24. The molecule has 0 N–H and O–H groups in total. The number of aryl methyl sites for hydroxylation is 1. The lowest BCUT2D eigenvalue weighted by Crippen LogP contribution is -2.09. The fourth-order valence-electron chi connectivity index (χ4n) is 1.94.